The number of nitrogens with zero attached hydrogens (tertiary/aromatic N) is 1. The van der Waals surface area contributed by atoms with Crippen LogP contribution in [0.5, 0.6) is 0 Å². The van der Waals surface area contributed by atoms with Gasteiger partial charge in [0.05, 0.1) is 0 Å². The zero-order valence-corrected chi connectivity index (χ0v) is 19.5. The zero-order chi connectivity index (χ0) is 22.5. The lowest BCUT2D eigenvalue weighted by Gasteiger charge is -2.23. The minimum Gasteiger partial charge on any atom is -0.348 e. The number of amides is 1. The number of nitrogens with one attached hydrogen (secondary N) is 1. The monoisotopic (exact) mass is 426 g/mol. The van der Waals surface area contributed by atoms with Gasteiger partial charge in [0.25, 0.3) is 5.91 Å². The molecule has 3 heteroatoms. The Morgan fingerprint density at radius 3 is 2.06 bits per heavy atom. The molecule has 0 bridgehead atoms. The van der Waals surface area contributed by atoms with Gasteiger partial charge in [-0.3, -0.25) is 4.79 Å². The number of likely N-dealkylation sites (tertiary alicyclic amines) is 1. The molecular formula is C29H34N2O. The first-order valence-corrected chi connectivity index (χ1v) is 11.7. The number of hydrogen-bond acceptors (Lipinski definition) is 2. The molecule has 166 valence electrons. The van der Waals surface area contributed by atoms with Crippen LogP contribution in [0.3, 0.4) is 0 Å². The van der Waals surface area contributed by atoms with Gasteiger partial charge in [0.2, 0.25) is 0 Å². The summed E-state index contributed by atoms with van der Waals surface area (Å²) in [7, 11) is 0. The number of rotatable bonds is 7. The molecule has 0 saturated carbocycles. The van der Waals surface area contributed by atoms with E-state index in [4.69, 9.17) is 0 Å². The second-order valence-electron chi connectivity index (χ2n) is 9.20. The van der Waals surface area contributed by atoms with Crippen molar-refractivity contribution in [1.29, 1.82) is 0 Å². The van der Waals surface area contributed by atoms with Crippen molar-refractivity contribution in [3.63, 3.8) is 0 Å². The Hall–Kier alpha value is -2.91. The highest BCUT2D eigenvalue weighted by Crippen LogP contribution is 2.28. The van der Waals surface area contributed by atoms with E-state index in [0.717, 1.165) is 49.2 Å². The van der Waals surface area contributed by atoms with Crippen molar-refractivity contribution >= 4 is 5.91 Å². The van der Waals surface area contributed by atoms with Crippen LogP contribution >= 0.6 is 0 Å². The van der Waals surface area contributed by atoms with Gasteiger partial charge in [-0.25, -0.2) is 0 Å². The van der Waals surface area contributed by atoms with Gasteiger partial charge >= 0.3 is 0 Å². The van der Waals surface area contributed by atoms with E-state index in [9.17, 15) is 4.79 Å². The van der Waals surface area contributed by atoms with E-state index >= 15 is 0 Å². The molecule has 1 fully saturated rings. The van der Waals surface area contributed by atoms with E-state index < -0.39 is 0 Å². The van der Waals surface area contributed by atoms with Gasteiger partial charge in [-0.15, -0.1) is 0 Å². The lowest BCUT2D eigenvalue weighted by molar-refractivity contribution is 0.0936. The first-order valence-electron chi connectivity index (χ1n) is 11.7. The van der Waals surface area contributed by atoms with Gasteiger partial charge < -0.3 is 10.2 Å². The topological polar surface area (TPSA) is 32.3 Å². The third-order valence-corrected chi connectivity index (χ3v) is 6.65. The van der Waals surface area contributed by atoms with Crippen LogP contribution in [0.1, 0.15) is 56.9 Å². The normalized spacial score (nSPS) is 16.4. The maximum absolute atomic E-state index is 13.0. The van der Waals surface area contributed by atoms with Crippen molar-refractivity contribution in [2.24, 2.45) is 0 Å². The minimum atomic E-state index is 0.0679. The maximum Gasteiger partial charge on any atom is 0.252 e. The first kappa shape index (κ1) is 22.3. The summed E-state index contributed by atoms with van der Waals surface area (Å²) in [4.78, 5) is 15.5. The highest BCUT2D eigenvalue weighted by Gasteiger charge is 2.26. The number of benzene rings is 3. The first-order chi connectivity index (χ1) is 15.5. The molecule has 1 saturated heterocycles. The molecule has 0 aliphatic carbocycles. The molecular weight excluding hydrogens is 392 g/mol. The largest absolute Gasteiger partial charge is 0.348 e. The van der Waals surface area contributed by atoms with Crippen LogP contribution < -0.4 is 5.32 Å². The van der Waals surface area contributed by atoms with Crippen molar-refractivity contribution in [2.45, 2.75) is 45.6 Å². The van der Waals surface area contributed by atoms with Crippen LogP contribution in [-0.2, 0) is 0 Å². The lowest BCUT2D eigenvalue weighted by atomic mass is 9.88. The van der Waals surface area contributed by atoms with Crippen LogP contribution in [0, 0.1) is 20.8 Å². The fourth-order valence-electron chi connectivity index (χ4n) is 5.16. The summed E-state index contributed by atoms with van der Waals surface area (Å²) in [6.07, 6.45) is 2.09. The summed E-state index contributed by atoms with van der Waals surface area (Å²) < 4.78 is 0. The Kier molecular flexibility index (Phi) is 7.06. The summed E-state index contributed by atoms with van der Waals surface area (Å²) >= 11 is 0. The van der Waals surface area contributed by atoms with Gasteiger partial charge in [0, 0.05) is 30.6 Å². The molecule has 0 aromatic heterocycles. The van der Waals surface area contributed by atoms with E-state index in [2.05, 4.69) is 89.9 Å². The molecule has 1 unspecified atom stereocenters. The minimum absolute atomic E-state index is 0.0679. The summed E-state index contributed by atoms with van der Waals surface area (Å²) in [5.41, 5.74) is 6.89. The van der Waals surface area contributed by atoms with Crippen LogP contribution in [-0.4, -0.2) is 36.5 Å². The van der Waals surface area contributed by atoms with E-state index in [1.54, 1.807) is 0 Å². The highest BCUT2D eigenvalue weighted by atomic mass is 16.1. The van der Waals surface area contributed by atoms with Crippen LogP contribution in [0.15, 0.2) is 72.8 Å². The molecule has 3 aromatic rings. The maximum atomic E-state index is 13.0. The number of carbonyl (C=O) groups excluding carboxylic acids is 1. The standard InChI is InChI=1S/C29H34N2O/c1-21-18-22(2)28(23(3)19-21)29(32)30-26-14-16-31(20-26)17-15-27(24-10-6-4-7-11-24)25-12-8-5-9-13-25/h4-13,18-19,26-27H,14-17,20H2,1-3H3,(H,30,32). The molecule has 1 aliphatic heterocycles. The van der Waals surface area contributed by atoms with Gasteiger partial charge in [-0.1, -0.05) is 78.4 Å². The average Bonchev–Trinajstić information content (AvgIpc) is 3.22. The smallest absolute Gasteiger partial charge is 0.252 e. The SMILES string of the molecule is Cc1cc(C)c(C(=O)NC2CCN(CCC(c3ccccc3)c3ccccc3)C2)c(C)c1. The van der Waals surface area contributed by atoms with Gasteiger partial charge in [-0.2, -0.15) is 0 Å². The van der Waals surface area contributed by atoms with Crippen molar-refractivity contribution in [3.8, 4) is 0 Å². The Bertz CT molecular complexity index is 983. The Morgan fingerprint density at radius 2 is 1.50 bits per heavy atom. The van der Waals surface area contributed by atoms with E-state index in [1.165, 1.54) is 16.7 Å². The third kappa shape index (κ3) is 5.28. The second kappa shape index (κ2) is 10.1. The quantitative estimate of drug-likeness (QED) is 0.530. The second-order valence-corrected chi connectivity index (χ2v) is 9.20. The molecule has 1 amide bonds. The summed E-state index contributed by atoms with van der Waals surface area (Å²) in [5.74, 6) is 0.460. The molecule has 4 rings (SSSR count). The lowest BCUT2D eigenvalue weighted by Crippen LogP contribution is -2.38. The van der Waals surface area contributed by atoms with Crippen molar-refractivity contribution < 1.29 is 4.79 Å². The Labute approximate surface area is 192 Å². The van der Waals surface area contributed by atoms with Crippen LogP contribution in [0.4, 0.5) is 0 Å². The third-order valence-electron chi connectivity index (χ3n) is 6.65. The number of hydrogen-bond donors (Lipinski definition) is 1. The highest BCUT2D eigenvalue weighted by molar-refractivity contribution is 5.97. The molecule has 1 heterocycles. The van der Waals surface area contributed by atoms with Gasteiger partial charge in [-0.05, 0) is 62.4 Å². The predicted octanol–water partition coefficient (Wildman–Crippen LogP) is 5.64. The molecule has 1 atom stereocenters. The fourth-order valence-corrected chi connectivity index (χ4v) is 5.16. The van der Waals surface area contributed by atoms with Gasteiger partial charge in [0.1, 0.15) is 0 Å². The van der Waals surface area contributed by atoms with E-state index in [-0.39, 0.29) is 11.9 Å². The number of aryl methyl sites for hydroxylation is 3. The molecule has 3 nitrogen and oxygen atoms in total. The average molecular weight is 427 g/mol. The fraction of sp³-hybridized carbons (Fsp3) is 0.345. The van der Waals surface area contributed by atoms with E-state index in [1.807, 2.05) is 13.8 Å². The van der Waals surface area contributed by atoms with Crippen LogP contribution in [0.25, 0.3) is 0 Å². The van der Waals surface area contributed by atoms with Gasteiger partial charge in [0.15, 0.2) is 0 Å². The Morgan fingerprint density at radius 1 is 0.938 bits per heavy atom. The molecule has 1 N–H and O–H groups in total. The van der Waals surface area contributed by atoms with E-state index in [0.29, 0.717) is 5.92 Å². The predicted molar refractivity (Wildman–Crippen MR) is 132 cm³/mol. The molecule has 0 spiro atoms. The van der Waals surface area contributed by atoms with Crippen molar-refractivity contribution in [1.82, 2.24) is 10.2 Å². The van der Waals surface area contributed by atoms with Crippen LogP contribution in [0.2, 0.25) is 0 Å². The summed E-state index contributed by atoms with van der Waals surface area (Å²) in [6.45, 7) is 9.13. The summed E-state index contributed by atoms with van der Waals surface area (Å²) in [6, 6.07) is 26.0. The molecule has 3 aromatic carbocycles. The molecule has 0 radical (unpaired) electrons. The van der Waals surface area contributed by atoms with Crippen molar-refractivity contribution in [2.75, 3.05) is 19.6 Å². The Balaban J connectivity index is 1.37. The summed E-state index contributed by atoms with van der Waals surface area (Å²) in [5, 5.41) is 3.30. The molecule has 1 aliphatic rings. The van der Waals surface area contributed by atoms with Crippen molar-refractivity contribution in [3.05, 3.63) is 106 Å². The molecule has 32 heavy (non-hydrogen) atoms. The zero-order valence-electron chi connectivity index (χ0n) is 19.5. The number of carbonyl (C=O) groups is 1.